The molecule has 2 aromatic carbocycles. The van der Waals surface area contributed by atoms with Crippen molar-refractivity contribution in [2.45, 2.75) is 26.2 Å². The summed E-state index contributed by atoms with van der Waals surface area (Å²) >= 11 is 0. The lowest BCUT2D eigenvalue weighted by atomic mass is 9.82. The number of benzene rings is 2. The van der Waals surface area contributed by atoms with Crippen LogP contribution in [0.2, 0.25) is 0 Å². The van der Waals surface area contributed by atoms with E-state index in [1.54, 1.807) is 0 Å². The van der Waals surface area contributed by atoms with Crippen molar-refractivity contribution in [3.8, 4) is 0 Å². The highest BCUT2D eigenvalue weighted by molar-refractivity contribution is 5.84. The summed E-state index contributed by atoms with van der Waals surface area (Å²) in [6.45, 7) is 3.06. The van der Waals surface area contributed by atoms with Gasteiger partial charge in [-0.3, -0.25) is 0 Å². The zero-order valence-electron chi connectivity index (χ0n) is 10.4. The first-order valence-corrected chi connectivity index (χ1v) is 6.47. The first-order valence-electron chi connectivity index (χ1n) is 6.47. The SMILES string of the molecule is CCC1(CN)Cc2cc3ccccc3cc2C1. The molecule has 0 aliphatic heterocycles. The van der Waals surface area contributed by atoms with Crippen LogP contribution < -0.4 is 5.73 Å². The van der Waals surface area contributed by atoms with E-state index in [0.717, 1.165) is 19.4 Å². The van der Waals surface area contributed by atoms with Crippen molar-refractivity contribution in [1.29, 1.82) is 0 Å². The normalized spacial score (nSPS) is 17.3. The quantitative estimate of drug-likeness (QED) is 0.834. The monoisotopic (exact) mass is 225 g/mol. The van der Waals surface area contributed by atoms with Gasteiger partial charge in [0.05, 0.1) is 0 Å². The van der Waals surface area contributed by atoms with Crippen molar-refractivity contribution < 1.29 is 0 Å². The van der Waals surface area contributed by atoms with Crippen molar-refractivity contribution in [2.24, 2.45) is 11.1 Å². The fourth-order valence-electron chi connectivity index (χ4n) is 3.07. The van der Waals surface area contributed by atoms with Gasteiger partial charge in [0, 0.05) is 0 Å². The van der Waals surface area contributed by atoms with Gasteiger partial charge in [0.25, 0.3) is 0 Å². The number of nitrogens with two attached hydrogens (primary N) is 1. The third kappa shape index (κ3) is 1.66. The number of fused-ring (bicyclic) bond motifs is 2. The lowest BCUT2D eigenvalue weighted by molar-refractivity contribution is 0.305. The Morgan fingerprint density at radius 3 is 2.00 bits per heavy atom. The zero-order chi connectivity index (χ0) is 11.9. The van der Waals surface area contributed by atoms with Crippen molar-refractivity contribution in [3.63, 3.8) is 0 Å². The molecule has 2 aromatic rings. The first kappa shape index (κ1) is 10.8. The molecule has 1 nitrogen and oxygen atoms in total. The molecule has 0 atom stereocenters. The summed E-state index contributed by atoms with van der Waals surface area (Å²) in [7, 11) is 0. The van der Waals surface area contributed by atoms with E-state index in [1.807, 2.05) is 0 Å². The van der Waals surface area contributed by atoms with Gasteiger partial charge in [-0.05, 0) is 53.1 Å². The van der Waals surface area contributed by atoms with Crippen molar-refractivity contribution in [2.75, 3.05) is 6.54 Å². The third-order valence-electron chi connectivity index (χ3n) is 4.38. The number of hydrogen-bond acceptors (Lipinski definition) is 1. The van der Waals surface area contributed by atoms with Crippen LogP contribution in [0.25, 0.3) is 10.8 Å². The second-order valence-corrected chi connectivity index (χ2v) is 5.38. The average molecular weight is 225 g/mol. The minimum atomic E-state index is 0.319. The largest absolute Gasteiger partial charge is 0.330 e. The van der Waals surface area contributed by atoms with E-state index >= 15 is 0 Å². The highest BCUT2D eigenvalue weighted by Crippen LogP contribution is 2.40. The van der Waals surface area contributed by atoms with E-state index in [4.69, 9.17) is 5.73 Å². The molecule has 0 amide bonds. The van der Waals surface area contributed by atoms with E-state index in [1.165, 1.54) is 28.3 Å². The minimum Gasteiger partial charge on any atom is -0.330 e. The topological polar surface area (TPSA) is 26.0 Å². The Balaban J connectivity index is 2.11. The van der Waals surface area contributed by atoms with Gasteiger partial charge < -0.3 is 5.73 Å². The van der Waals surface area contributed by atoms with Crippen LogP contribution in [0, 0.1) is 5.41 Å². The maximum absolute atomic E-state index is 5.98. The van der Waals surface area contributed by atoms with Crippen LogP contribution in [0.1, 0.15) is 24.5 Å². The van der Waals surface area contributed by atoms with Gasteiger partial charge in [-0.1, -0.05) is 43.3 Å². The minimum absolute atomic E-state index is 0.319. The summed E-state index contributed by atoms with van der Waals surface area (Å²) in [5, 5.41) is 2.71. The predicted octanol–water partition coefficient (Wildman–Crippen LogP) is 3.29. The average Bonchev–Trinajstić information content (AvgIpc) is 2.74. The fourth-order valence-corrected chi connectivity index (χ4v) is 3.07. The molecule has 3 rings (SSSR count). The van der Waals surface area contributed by atoms with Crippen LogP contribution in [0.5, 0.6) is 0 Å². The van der Waals surface area contributed by atoms with Crippen molar-refractivity contribution in [1.82, 2.24) is 0 Å². The van der Waals surface area contributed by atoms with Gasteiger partial charge in [0.2, 0.25) is 0 Å². The summed E-state index contributed by atoms with van der Waals surface area (Å²) in [5.41, 5.74) is 9.32. The number of rotatable bonds is 2. The van der Waals surface area contributed by atoms with Crippen LogP contribution in [0.4, 0.5) is 0 Å². The standard InChI is InChI=1S/C16H19N/c1-2-16(11-17)9-14-7-12-5-3-4-6-13(12)8-15(14)10-16/h3-8H,2,9-11,17H2,1H3. The smallest absolute Gasteiger partial charge is 0.00142 e. The van der Waals surface area contributed by atoms with E-state index < -0.39 is 0 Å². The summed E-state index contributed by atoms with van der Waals surface area (Å²) in [5.74, 6) is 0. The molecular formula is C16H19N. The second-order valence-electron chi connectivity index (χ2n) is 5.38. The van der Waals surface area contributed by atoms with Crippen LogP contribution in [-0.4, -0.2) is 6.54 Å². The van der Waals surface area contributed by atoms with Gasteiger partial charge >= 0.3 is 0 Å². The Labute approximate surface area is 103 Å². The van der Waals surface area contributed by atoms with Crippen molar-refractivity contribution >= 4 is 10.8 Å². The summed E-state index contributed by atoms with van der Waals surface area (Å²) in [6, 6.07) is 13.3. The molecule has 1 heteroatoms. The van der Waals surface area contributed by atoms with E-state index in [9.17, 15) is 0 Å². The molecule has 1 aliphatic carbocycles. The lowest BCUT2D eigenvalue weighted by Gasteiger charge is -2.24. The molecule has 88 valence electrons. The summed E-state index contributed by atoms with van der Waals surface area (Å²) in [4.78, 5) is 0. The van der Waals surface area contributed by atoms with Gasteiger partial charge in [-0.2, -0.15) is 0 Å². The summed E-state index contributed by atoms with van der Waals surface area (Å²) in [6.07, 6.45) is 3.48. The van der Waals surface area contributed by atoms with Gasteiger partial charge in [0.15, 0.2) is 0 Å². The molecular weight excluding hydrogens is 206 g/mol. The van der Waals surface area contributed by atoms with E-state index in [-0.39, 0.29) is 0 Å². The Morgan fingerprint density at radius 1 is 1.06 bits per heavy atom. The van der Waals surface area contributed by atoms with Gasteiger partial charge in [-0.15, -0.1) is 0 Å². The maximum Gasteiger partial charge on any atom is -0.00142 e. The van der Waals surface area contributed by atoms with Crippen LogP contribution in [-0.2, 0) is 12.8 Å². The van der Waals surface area contributed by atoms with Gasteiger partial charge in [-0.25, -0.2) is 0 Å². The van der Waals surface area contributed by atoms with Crippen LogP contribution >= 0.6 is 0 Å². The van der Waals surface area contributed by atoms with Crippen LogP contribution in [0.15, 0.2) is 36.4 Å². The molecule has 0 saturated carbocycles. The Kier molecular flexibility index (Phi) is 2.44. The Morgan fingerprint density at radius 2 is 1.59 bits per heavy atom. The zero-order valence-corrected chi connectivity index (χ0v) is 10.4. The van der Waals surface area contributed by atoms with Crippen LogP contribution in [0.3, 0.4) is 0 Å². The molecule has 0 aromatic heterocycles. The van der Waals surface area contributed by atoms with E-state index in [0.29, 0.717) is 5.41 Å². The van der Waals surface area contributed by atoms with Gasteiger partial charge in [0.1, 0.15) is 0 Å². The Bertz CT molecular complexity index is 506. The highest BCUT2D eigenvalue weighted by Gasteiger charge is 2.34. The molecule has 17 heavy (non-hydrogen) atoms. The maximum atomic E-state index is 5.98. The molecule has 0 heterocycles. The summed E-state index contributed by atoms with van der Waals surface area (Å²) < 4.78 is 0. The molecule has 2 N–H and O–H groups in total. The lowest BCUT2D eigenvalue weighted by Crippen LogP contribution is -2.30. The first-order chi connectivity index (χ1) is 8.26. The second kappa shape index (κ2) is 3.85. The molecule has 0 fully saturated rings. The molecule has 0 saturated heterocycles. The molecule has 0 spiro atoms. The molecule has 0 unspecified atom stereocenters. The van der Waals surface area contributed by atoms with E-state index in [2.05, 4.69) is 43.3 Å². The fraction of sp³-hybridized carbons (Fsp3) is 0.375. The molecule has 0 radical (unpaired) electrons. The molecule has 0 bridgehead atoms. The highest BCUT2D eigenvalue weighted by atomic mass is 14.6. The molecule has 1 aliphatic rings. The third-order valence-corrected chi connectivity index (χ3v) is 4.38. The van der Waals surface area contributed by atoms with Crippen molar-refractivity contribution in [3.05, 3.63) is 47.5 Å². The predicted molar refractivity (Wildman–Crippen MR) is 73.1 cm³/mol. The Hall–Kier alpha value is -1.34. The number of hydrogen-bond donors (Lipinski definition) is 1.